The van der Waals surface area contributed by atoms with E-state index in [1.54, 1.807) is 0 Å². The van der Waals surface area contributed by atoms with Crippen LogP contribution in [0, 0.1) is 11.8 Å². The minimum absolute atomic E-state index is 0.0525. The average Bonchev–Trinajstić information content (AvgIpc) is 2.59. The molecule has 0 radical (unpaired) electrons. The fraction of sp³-hybridized carbons (Fsp3) is 0.478. The van der Waals surface area contributed by atoms with Gasteiger partial charge in [0.05, 0.1) is 12.2 Å². The van der Waals surface area contributed by atoms with Gasteiger partial charge in [-0.05, 0) is 67.1 Å². The maximum absolute atomic E-state index is 6.68. The van der Waals surface area contributed by atoms with Gasteiger partial charge in [-0.25, -0.2) is 0 Å². The maximum atomic E-state index is 6.68. The van der Waals surface area contributed by atoms with E-state index in [0.717, 1.165) is 18.3 Å². The van der Waals surface area contributed by atoms with Gasteiger partial charge in [-0.2, -0.15) is 0 Å². The molecule has 0 aromatic heterocycles. The van der Waals surface area contributed by atoms with Crippen LogP contribution in [-0.4, -0.2) is 11.1 Å². The van der Waals surface area contributed by atoms with Crippen LogP contribution in [0.3, 0.4) is 0 Å². The molecular weight excluding hydrogens is 306 g/mol. The van der Waals surface area contributed by atoms with E-state index >= 15 is 0 Å². The molecule has 6 rings (SSSR count). The Bertz CT molecular complexity index is 737. The van der Waals surface area contributed by atoms with Gasteiger partial charge in [-0.3, -0.25) is 0 Å². The van der Waals surface area contributed by atoms with Crippen LogP contribution in [0.5, 0.6) is 0 Å². The van der Waals surface area contributed by atoms with Crippen LogP contribution >= 0.6 is 0 Å². The smallest absolute Gasteiger partial charge is 0.0724 e. The molecule has 0 amide bonds. The van der Waals surface area contributed by atoms with Crippen molar-refractivity contribution in [3.8, 4) is 11.1 Å². The van der Waals surface area contributed by atoms with Crippen LogP contribution in [0.2, 0.25) is 0 Å². The standard InChI is InChI=1S/C23H27NO/c24-22-11-18-10-19(12-22)14-23(13-18,16-22)25-15-17-6-8-21(9-7-17)20-4-2-1-3-5-20/h1-9,18-19H,10-16,24H2. The predicted molar refractivity (Wildman–Crippen MR) is 101 cm³/mol. The van der Waals surface area contributed by atoms with Crippen LogP contribution in [0.4, 0.5) is 0 Å². The summed E-state index contributed by atoms with van der Waals surface area (Å²) in [7, 11) is 0. The molecule has 2 aromatic carbocycles. The molecule has 2 nitrogen and oxygen atoms in total. The lowest BCUT2D eigenvalue weighted by Crippen LogP contribution is -2.63. The topological polar surface area (TPSA) is 35.2 Å². The van der Waals surface area contributed by atoms with Crippen molar-refractivity contribution in [3.05, 3.63) is 60.2 Å². The summed E-state index contributed by atoms with van der Waals surface area (Å²) >= 11 is 0. The van der Waals surface area contributed by atoms with Crippen molar-refractivity contribution in [2.45, 2.75) is 56.3 Å². The summed E-state index contributed by atoms with van der Waals surface area (Å²) in [5.74, 6) is 1.60. The summed E-state index contributed by atoms with van der Waals surface area (Å²) in [4.78, 5) is 0. The lowest BCUT2D eigenvalue weighted by atomic mass is 9.51. The van der Waals surface area contributed by atoms with Crippen LogP contribution in [0.15, 0.2) is 54.6 Å². The van der Waals surface area contributed by atoms with Gasteiger partial charge in [-0.15, -0.1) is 0 Å². The summed E-state index contributed by atoms with van der Waals surface area (Å²) in [5.41, 5.74) is 10.6. The molecule has 25 heavy (non-hydrogen) atoms. The summed E-state index contributed by atoms with van der Waals surface area (Å²) in [5, 5.41) is 0. The number of hydrogen-bond donors (Lipinski definition) is 1. The van der Waals surface area contributed by atoms with Crippen LogP contribution in [-0.2, 0) is 11.3 Å². The van der Waals surface area contributed by atoms with Crippen molar-refractivity contribution < 1.29 is 4.74 Å². The highest BCUT2D eigenvalue weighted by molar-refractivity contribution is 5.63. The highest BCUT2D eigenvalue weighted by Crippen LogP contribution is 2.58. The van der Waals surface area contributed by atoms with E-state index in [2.05, 4.69) is 54.6 Å². The molecule has 2 unspecified atom stereocenters. The first-order chi connectivity index (χ1) is 12.1. The highest BCUT2D eigenvalue weighted by atomic mass is 16.5. The third kappa shape index (κ3) is 2.92. The zero-order chi connectivity index (χ0) is 16.9. The Morgan fingerprint density at radius 2 is 1.48 bits per heavy atom. The second-order valence-corrected chi connectivity index (χ2v) is 8.86. The van der Waals surface area contributed by atoms with Gasteiger partial charge in [0.1, 0.15) is 0 Å². The largest absolute Gasteiger partial charge is 0.370 e. The molecule has 4 aliphatic carbocycles. The fourth-order valence-electron chi connectivity index (χ4n) is 6.08. The SMILES string of the molecule is NC12CC3CC(C1)CC(OCc1ccc(-c4ccccc4)cc1)(C3)C2. The van der Waals surface area contributed by atoms with Gasteiger partial charge in [0, 0.05) is 5.54 Å². The lowest BCUT2D eigenvalue weighted by Gasteiger charge is -2.60. The Hall–Kier alpha value is -1.64. The number of ether oxygens (including phenoxy) is 1. The Balaban J connectivity index is 1.29. The third-order valence-corrected chi connectivity index (χ3v) is 6.66. The molecule has 0 heterocycles. The van der Waals surface area contributed by atoms with Gasteiger partial charge in [-0.1, -0.05) is 54.6 Å². The van der Waals surface area contributed by atoms with E-state index in [0.29, 0.717) is 6.61 Å². The molecule has 0 spiro atoms. The highest BCUT2D eigenvalue weighted by Gasteiger charge is 2.56. The summed E-state index contributed by atoms with van der Waals surface area (Å²) < 4.78 is 6.56. The van der Waals surface area contributed by atoms with Crippen molar-refractivity contribution in [1.82, 2.24) is 0 Å². The van der Waals surface area contributed by atoms with Crippen molar-refractivity contribution in [3.63, 3.8) is 0 Å². The molecule has 2 N–H and O–H groups in total. The second-order valence-electron chi connectivity index (χ2n) is 8.86. The van der Waals surface area contributed by atoms with E-state index in [9.17, 15) is 0 Å². The molecular formula is C23H27NO. The van der Waals surface area contributed by atoms with Crippen molar-refractivity contribution in [2.24, 2.45) is 17.6 Å². The van der Waals surface area contributed by atoms with Gasteiger partial charge < -0.3 is 10.5 Å². The molecule has 4 fully saturated rings. The normalized spacial score (nSPS) is 35.9. The van der Waals surface area contributed by atoms with E-state index in [4.69, 9.17) is 10.5 Å². The van der Waals surface area contributed by atoms with E-state index in [1.165, 1.54) is 48.8 Å². The summed E-state index contributed by atoms with van der Waals surface area (Å²) in [6, 6.07) is 19.4. The zero-order valence-electron chi connectivity index (χ0n) is 14.8. The Morgan fingerprint density at radius 3 is 2.12 bits per heavy atom. The molecule has 130 valence electrons. The Morgan fingerprint density at radius 1 is 0.840 bits per heavy atom. The minimum atomic E-state index is 0.0525. The van der Waals surface area contributed by atoms with Gasteiger partial charge in [0.25, 0.3) is 0 Å². The zero-order valence-corrected chi connectivity index (χ0v) is 14.8. The first-order valence-electron chi connectivity index (χ1n) is 9.69. The predicted octanol–water partition coefficient (Wildman–Crippen LogP) is 4.92. The number of benzene rings is 2. The van der Waals surface area contributed by atoms with E-state index < -0.39 is 0 Å². The molecule has 4 saturated carbocycles. The molecule has 2 aromatic rings. The number of nitrogens with two attached hydrogens (primary N) is 1. The summed E-state index contributed by atoms with van der Waals surface area (Å²) in [6.07, 6.45) is 7.35. The third-order valence-electron chi connectivity index (χ3n) is 6.66. The van der Waals surface area contributed by atoms with Crippen LogP contribution < -0.4 is 5.73 Å². The maximum Gasteiger partial charge on any atom is 0.0724 e. The first-order valence-corrected chi connectivity index (χ1v) is 9.69. The second kappa shape index (κ2) is 5.69. The van der Waals surface area contributed by atoms with Gasteiger partial charge in [0.15, 0.2) is 0 Å². The van der Waals surface area contributed by atoms with Gasteiger partial charge >= 0.3 is 0 Å². The first kappa shape index (κ1) is 15.6. The molecule has 4 aliphatic rings. The van der Waals surface area contributed by atoms with E-state index in [-0.39, 0.29) is 11.1 Å². The van der Waals surface area contributed by atoms with Crippen LogP contribution in [0.1, 0.15) is 44.1 Å². The fourth-order valence-corrected chi connectivity index (χ4v) is 6.08. The molecule has 4 bridgehead atoms. The Labute approximate surface area is 150 Å². The average molecular weight is 333 g/mol. The van der Waals surface area contributed by atoms with E-state index in [1.807, 2.05) is 0 Å². The van der Waals surface area contributed by atoms with Gasteiger partial charge in [0.2, 0.25) is 0 Å². The van der Waals surface area contributed by atoms with Crippen LogP contribution in [0.25, 0.3) is 11.1 Å². The minimum Gasteiger partial charge on any atom is -0.370 e. The number of hydrogen-bond acceptors (Lipinski definition) is 2. The van der Waals surface area contributed by atoms with Crippen molar-refractivity contribution in [1.29, 1.82) is 0 Å². The monoisotopic (exact) mass is 333 g/mol. The molecule has 0 aliphatic heterocycles. The molecule has 2 atom stereocenters. The Kier molecular flexibility index (Phi) is 3.55. The van der Waals surface area contributed by atoms with Crippen molar-refractivity contribution in [2.75, 3.05) is 0 Å². The quantitative estimate of drug-likeness (QED) is 0.862. The number of rotatable bonds is 4. The van der Waals surface area contributed by atoms with Crippen molar-refractivity contribution >= 4 is 0 Å². The molecule has 2 heteroatoms. The molecule has 0 saturated heterocycles. The lowest BCUT2D eigenvalue weighted by molar-refractivity contribution is -0.175. The summed E-state index contributed by atoms with van der Waals surface area (Å²) in [6.45, 7) is 0.713.